The quantitative estimate of drug-likeness (QED) is 0.910. The van der Waals surface area contributed by atoms with Crippen LogP contribution in [0.3, 0.4) is 0 Å². The smallest absolute Gasteiger partial charge is 0.224 e. The third-order valence-corrected chi connectivity index (χ3v) is 2.87. The molecule has 1 aromatic carbocycles. The third kappa shape index (κ3) is 2.63. The van der Waals surface area contributed by atoms with Gasteiger partial charge in [-0.05, 0) is 31.2 Å². The van der Waals surface area contributed by atoms with Crippen LogP contribution in [-0.2, 0) is 0 Å². The summed E-state index contributed by atoms with van der Waals surface area (Å²) in [7, 11) is 3.73. The maximum atomic E-state index is 8.80. The minimum atomic E-state index is 0.584. The molecule has 0 aliphatic carbocycles. The molecule has 96 valence electrons. The molecule has 0 saturated heterocycles. The normalized spacial score (nSPS) is 9.79. The zero-order valence-corrected chi connectivity index (χ0v) is 11.2. The second kappa shape index (κ2) is 5.36. The first-order valence-electron chi connectivity index (χ1n) is 5.91. The maximum Gasteiger partial charge on any atom is 0.224 e. The van der Waals surface area contributed by atoms with Crippen molar-refractivity contribution in [2.75, 3.05) is 24.3 Å². The molecular weight excluding hydrogens is 238 g/mol. The van der Waals surface area contributed by atoms with Gasteiger partial charge in [0.1, 0.15) is 5.82 Å². The van der Waals surface area contributed by atoms with Crippen molar-refractivity contribution < 1.29 is 0 Å². The second-order valence-corrected chi connectivity index (χ2v) is 4.17. The number of benzene rings is 1. The Hall–Kier alpha value is -2.61. The van der Waals surface area contributed by atoms with Crippen LogP contribution in [0.5, 0.6) is 0 Å². The Bertz CT molecular complexity index is 613. The monoisotopic (exact) mass is 253 g/mol. The fourth-order valence-electron chi connectivity index (χ4n) is 1.77. The van der Waals surface area contributed by atoms with E-state index in [1.54, 1.807) is 25.4 Å². The van der Waals surface area contributed by atoms with Crippen molar-refractivity contribution in [3.63, 3.8) is 0 Å². The minimum Gasteiger partial charge on any atom is -0.357 e. The van der Waals surface area contributed by atoms with Gasteiger partial charge in [0.2, 0.25) is 5.95 Å². The fraction of sp³-hybridized carbons (Fsp3) is 0.214. The summed E-state index contributed by atoms with van der Waals surface area (Å²) in [5.41, 5.74) is 2.61. The van der Waals surface area contributed by atoms with Gasteiger partial charge >= 0.3 is 0 Å². The van der Waals surface area contributed by atoms with Crippen LogP contribution in [0.1, 0.15) is 11.1 Å². The molecule has 0 unspecified atom stereocenters. The predicted octanol–water partition coefficient (Wildman–Crippen LogP) is 2.47. The van der Waals surface area contributed by atoms with Crippen LogP contribution in [0.4, 0.5) is 17.5 Å². The first-order valence-corrected chi connectivity index (χ1v) is 5.91. The average Bonchev–Trinajstić information content (AvgIpc) is 2.47. The highest BCUT2D eigenvalue weighted by Gasteiger charge is 2.10. The maximum absolute atomic E-state index is 8.80. The van der Waals surface area contributed by atoms with Gasteiger partial charge in [-0.2, -0.15) is 10.2 Å². The van der Waals surface area contributed by atoms with Gasteiger partial charge in [0, 0.05) is 31.5 Å². The van der Waals surface area contributed by atoms with Crippen LogP contribution in [0.15, 0.2) is 30.5 Å². The van der Waals surface area contributed by atoms with Crippen LogP contribution in [-0.4, -0.2) is 24.1 Å². The number of nitrogens with zero attached hydrogens (tertiary/aromatic N) is 4. The zero-order chi connectivity index (χ0) is 13.8. The largest absolute Gasteiger partial charge is 0.357 e. The van der Waals surface area contributed by atoms with Crippen LogP contribution >= 0.6 is 0 Å². The van der Waals surface area contributed by atoms with E-state index in [1.807, 2.05) is 31.0 Å². The van der Waals surface area contributed by atoms with Crippen LogP contribution in [0.2, 0.25) is 0 Å². The van der Waals surface area contributed by atoms with Gasteiger partial charge in [-0.3, -0.25) is 0 Å². The highest BCUT2D eigenvalue weighted by Crippen LogP contribution is 2.25. The molecule has 0 saturated carbocycles. The number of nitriles is 1. The van der Waals surface area contributed by atoms with Gasteiger partial charge in [0.05, 0.1) is 11.6 Å². The summed E-state index contributed by atoms with van der Waals surface area (Å²) >= 11 is 0. The number of hydrogen-bond acceptors (Lipinski definition) is 5. The SMILES string of the molecule is CNc1ncc(C)c(N(C)c2ccc(C#N)cc2)n1. The highest BCUT2D eigenvalue weighted by molar-refractivity contribution is 5.63. The van der Waals surface area contributed by atoms with Crippen molar-refractivity contribution in [3.8, 4) is 6.07 Å². The Kier molecular flexibility index (Phi) is 3.62. The lowest BCUT2D eigenvalue weighted by molar-refractivity contribution is 1.05. The van der Waals surface area contributed by atoms with Gasteiger partial charge in [-0.1, -0.05) is 0 Å². The van der Waals surface area contributed by atoms with Crippen LogP contribution in [0.25, 0.3) is 0 Å². The molecule has 0 amide bonds. The Morgan fingerprint density at radius 2 is 1.95 bits per heavy atom. The summed E-state index contributed by atoms with van der Waals surface area (Å²) in [5, 5.41) is 11.7. The number of anilines is 3. The summed E-state index contributed by atoms with van der Waals surface area (Å²) in [6, 6.07) is 9.50. The summed E-state index contributed by atoms with van der Waals surface area (Å²) in [6.07, 6.45) is 1.79. The molecule has 5 nitrogen and oxygen atoms in total. The molecule has 2 rings (SSSR count). The summed E-state index contributed by atoms with van der Waals surface area (Å²) in [5.74, 6) is 1.42. The summed E-state index contributed by atoms with van der Waals surface area (Å²) < 4.78 is 0. The van der Waals surface area contributed by atoms with Gasteiger partial charge in [-0.15, -0.1) is 0 Å². The zero-order valence-electron chi connectivity index (χ0n) is 11.2. The highest BCUT2D eigenvalue weighted by atomic mass is 15.2. The number of aromatic nitrogens is 2. The molecule has 1 N–H and O–H groups in total. The number of rotatable bonds is 3. The van der Waals surface area contributed by atoms with E-state index < -0.39 is 0 Å². The molecule has 2 aromatic rings. The Balaban J connectivity index is 2.37. The lowest BCUT2D eigenvalue weighted by Crippen LogP contribution is -2.14. The molecule has 0 spiro atoms. The Morgan fingerprint density at radius 3 is 2.53 bits per heavy atom. The van der Waals surface area contributed by atoms with Crippen molar-refractivity contribution in [2.45, 2.75) is 6.92 Å². The molecule has 0 radical (unpaired) electrons. The molecular formula is C14H15N5. The van der Waals surface area contributed by atoms with E-state index in [0.29, 0.717) is 11.5 Å². The standard InChI is InChI=1S/C14H15N5/c1-10-9-17-14(16-2)18-13(10)19(3)12-6-4-11(8-15)5-7-12/h4-7,9H,1-3H3,(H,16,17,18). The first-order chi connectivity index (χ1) is 9.15. The van der Waals surface area contributed by atoms with E-state index in [9.17, 15) is 0 Å². The van der Waals surface area contributed by atoms with E-state index in [-0.39, 0.29) is 0 Å². The molecule has 1 heterocycles. The van der Waals surface area contributed by atoms with Crippen molar-refractivity contribution in [1.29, 1.82) is 5.26 Å². The molecule has 0 aliphatic heterocycles. The molecule has 0 atom stereocenters. The molecule has 19 heavy (non-hydrogen) atoms. The van der Waals surface area contributed by atoms with E-state index in [2.05, 4.69) is 21.4 Å². The molecule has 0 fully saturated rings. The molecule has 5 heteroatoms. The summed E-state index contributed by atoms with van der Waals surface area (Å²) in [6.45, 7) is 1.97. The van der Waals surface area contributed by atoms with E-state index in [4.69, 9.17) is 5.26 Å². The lowest BCUT2D eigenvalue weighted by atomic mass is 10.2. The van der Waals surface area contributed by atoms with Crippen molar-refractivity contribution in [3.05, 3.63) is 41.6 Å². The van der Waals surface area contributed by atoms with E-state index in [1.165, 1.54) is 0 Å². The second-order valence-electron chi connectivity index (χ2n) is 4.17. The molecule has 0 aliphatic rings. The van der Waals surface area contributed by atoms with Crippen molar-refractivity contribution >= 4 is 17.5 Å². The molecule has 0 bridgehead atoms. The summed E-state index contributed by atoms with van der Waals surface area (Å²) in [4.78, 5) is 10.6. The minimum absolute atomic E-state index is 0.584. The Morgan fingerprint density at radius 1 is 1.26 bits per heavy atom. The van der Waals surface area contributed by atoms with Crippen molar-refractivity contribution in [2.24, 2.45) is 0 Å². The fourth-order valence-corrected chi connectivity index (χ4v) is 1.77. The van der Waals surface area contributed by atoms with E-state index >= 15 is 0 Å². The lowest BCUT2D eigenvalue weighted by Gasteiger charge is -2.20. The predicted molar refractivity (Wildman–Crippen MR) is 75.5 cm³/mol. The van der Waals surface area contributed by atoms with Crippen LogP contribution in [0, 0.1) is 18.3 Å². The number of hydrogen-bond donors (Lipinski definition) is 1. The Labute approximate surface area is 112 Å². The van der Waals surface area contributed by atoms with Gasteiger partial charge in [0.25, 0.3) is 0 Å². The number of aryl methyl sites for hydroxylation is 1. The van der Waals surface area contributed by atoms with Crippen molar-refractivity contribution in [1.82, 2.24) is 9.97 Å². The third-order valence-electron chi connectivity index (χ3n) is 2.87. The topological polar surface area (TPSA) is 64.8 Å². The van der Waals surface area contributed by atoms with Gasteiger partial charge in [-0.25, -0.2) is 4.98 Å². The number of nitrogens with one attached hydrogen (secondary N) is 1. The van der Waals surface area contributed by atoms with Crippen LogP contribution < -0.4 is 10.2 Å². The van der Waals surface area contributed by atoms with Gasteiger partial charge in [0.15, 0.2) is 0 Å². The van der Waals surface area contributed by atoms with E-state index in [0.717, 1.165) is 17.1 Å². The van der Waals surface area contributed by atoms with Gasteiger partial charge < -0.3 is 10.2 Å². The average molecular weight is 253 g/mol. The molecule has 1 aromatic heterocycles. The first kappa shape index (κ1) is 12.8.